The molecule has 0 bridgehead atoms. The number of pyridine rings is 1. The van der Waals surface area contributed by atoms with E-state index in [9.17, 15) is 0 Å². The van der Waals surface area contributed by atoms with Gasteiger partial charge in [0.25, 0.3) is 0 Å². The summed E-state index contributed by atoms with van der Waals surface area (Å²) in [6, 6.07) is 9.68. The third kappa shape index (κ3) is 3.06. The summed E-state index contributed by atoms with van der Waals surface area (Å²) in [7, 11) is 2.11. The lowest BCUT2D eigenvalue weighted by Gasteiger charge is -2.33. The highest BCUT2D eigenvalue weighted by molar-refractivity contribution is 5.84. The van der Waals surface area contributed by atoms with E-state index >= 15 is 0 Å². The first-order valence-electron chi connectivity index (χ1n) is 8.28. The Kier molecular flexibility index (Phi) is 4.07. The van der Waals surface area contributed by atoms with E-state index < -0.39 is 0 Å². The number of para-hydroxylation sites is 1. The Bertz CT molecular complexity index is 886. The molecular weight excluding hydrogens is 316 g/mol. The predicted molar refractivity (Wildman–Crippen MR) is 98.0 cm³/mol. The molecule has 0 unspecified atom stereocenters. The van der Waals surface area contributed by atoms with E-state index in [2.05, 4.69) is 31.8 Å². The predicted octanol–water partition coefficient (Wildman–Crippen LogP) is 2.15. The molecule has 3 aromatic rings. The minimum absolute atomic E-state index is 0.363. The zero-order valence-corrected chi connectivity index (χ0v) is 14.1. The number of ether oxygens (including phenoxy) is 1. The second-order valence-corrected chi connectivity index (χ2v) is 6.14. The number of hydrogen-bond donors (Lipinski definition) is 1. The van der Waals surface area contributed by atoms with Crippen LogP contribution in [0.5, 0.6) is 11.6 Å². The van der Waals surface area contributed by atoms with Crippen LogP contribution in [0.1, 0.15) is 0 Å². The third-order valence-electron chi connectivity index (χ3n) is 4.43. The standard InChI is InChI=1S/C18H20N6O/c1-23-8-10-24(11-9-23)17-15(19)18(22-12-21-17)25-14-6-2-4-13-5-3-7-20-16(13)14/h2-7,12H,8-11,19H2,1H3. The van der Waals surface area contributed by atoms with Crippen LogP contribution in [0.25, 0.3) is 10.9 Å². The van der Waals surface area contributed by atoms with Gasteiger partial charge in [0.2, 0.25) is 5.88 Å². The number of rotatable bonds is 3. The minimum atomic E-state index is 0.363. The first kappa shape index (κ1) is 15.6. The van der Waals surface area contributed by atoms with Crippen molar-refractivity contribution in [2.75, 3.05) is 43.9 Å². The Labute approximate surface area is 146 Å². The molecule has 0 saturated carbocycles. The monoisotopic (exact) mass is 336 g/mol. The Morgan fingerprint density at radius 3 is 2.64 bits per heavy atom. The fraction of sp³-hybridized carbons (Fsp3) is 0.278. The molecule has 7 heteroatoms. The maximum Gasteiger partial charge on any atom is 0.248 e. The third-order valence-corrected chi connectivity index (χ3v) is 4.43. The second kappa shape index (κ2) is 6.52. The summed E-state index contributed by atoms with van der Waals surface area (Å²) in [6.45, 7) is 3.72. The number of anilines is 2. The molecule has 0 spiro atoms. The van der Waals surface area contributed by atoms with E-state index in [1.165, 1.54) is 6.33 Å². The van der Waals surface area contributed by atoms with E-state index in [1.54, 1.807) is 6.20 Å². The van der Waals surface area contributed by atoms with Crippen molar-refractivity contribution in [3.63, 3.8) is 0 Å². The van der Waals surface area contributed by atoms with Gasteiger partial charge in [-0.05, 0) is 19.2 Å². The smallest absolute Gasteiger partial charge is 0.248 e. The number of piperazine rings is 1. The molecule has 0 aliphatic carbocycles. The fourth-order valence-corrected chi connectivity index (χ4v) is 2.99. The number of hydrogen-bond acceptors (Lipinski definition) is 7. The van der Waals surface area contributed by atoms with E-state index in [4.69, 9.17) is 10.5 Å². The van der Waals surface area contributed by atoms with E-state index in [0.717, 1.165) is 42.9 Å². The highest BCUT2D eigenvalue weighted by atomic mass is 16.5. The summed E-state index contributed by atoms with van der Waals surface area (Å²) in [4.78, 5) is 17.5. The first-order chi connectivity index (χ1) is 12.2. The van der Waals surface area contributed by atoms with Gasteiger partial charge in [-0.25, -0.2) is 4.98 Å². The molecule has 0 amide bonds. The molecule has 1 aliphatic rings. The largest absolute Gasteiger partial charge is 0.435 e. The second-order valence-electron chi connectivity index (χ2n) is 6.14. The zero-order valence-electron chi connectivity index (χ0n) is 14.1. The van der Waals surface area contributed by atoms with Gasteiger partial charge in [0.1, 0.15) is 17.5 Å². The first-order valence-corrected chi connectivity index (χ1v) is 8.28. The van der Waals surface area contributed by atoms with Crippen molar-refractivity contribution in [1.82, 2.24) is 19.9 Å². The average Bonchev–Trinajstić information content (AvgIpc) is 2.65. The Balaban J connectivity index is 1.66. The lowest BCUT2D eigenvalue weighted by Crippen LogP contribution is -2.45. The quantitative estimate of drug-likeness (QED) is 0.785. The van der Waals surface area contributed by atoms with Crippen molar-refractivity contribution in [2.24, 2.45) is 0 Å². The molecule has 128 valence electrons. The van der Waals surface area contributed by atoms with Gasteiger partial charge in [-0.2, -0.15) is 4.98 Å². The normalized spacial score (nSPS) is 15.5. The number of fused-ring (bicyclic) bond motifs is 1. The maximum absolute atomic E-state index is 6.32. The summed E-state index contributed by atoms with van der Waals surface area (Å²) < 4.78 is 6.00. The summed E-state index contributed by atoms with van der Waals surface area (Å²) in [5, 5.41) is 1.01. The van der Waals surface area contributed by atoms with E-state index in [-0.39, 0.29) is 0 Å². The van der Waals surface area contributed by atoms with Gasteiger partial charge >= 0.3 is 0 Å². The van der Waals surface area contributed by atoms with Crippen LogP contribution in [-0.4, -0.2) is 53.1 Å². The van der Waals surface area contributed by atoms with Crippen molar-refractivity contribution >= 4 is 22.4 Å². The molecule has 1 aliphatic heterocycles. The molecule has 25 heavy (non-hydrogen) atoms. The van der Waals surface area contributed by atoms with Crippen LogP contribution in [0.3, 0.4) is 0 Å². The van der Waals surface area contributed by atoms with Gasteiger partial charge in [-0.3, -0.25) is 4.98 Å². The molecule has 0 radical (unpaired) electrons. The van der Waals surface area contributed by atoms with Crippen molar-refractivity contribution in [3.8, 4) is 11.6 Å². The van der Waals surface area contributed by atoms with E-state index in [0.29, 0.717) is 17.3 Å². The molecule has 1 fully saturated rings. The summed E-state index contributed by atoms with van der Waals surface area (Å²) >= 11 is 0. The molecule has 0 atom stereocenters. The van der Waals surface area contributed by atoms with Gasteiger partial charge in [-0.15, -0.1) is 0 Å². The Hall–Kier alpha value is -2.93. The highest BCUT2D eigenvalue weighted by Gasteiger charge is 2.20. The molecule has 2 aromatic heterocycles. The summed E-state index contributed by atoms with van der Waals surface area (Å²) in [6.07, 6.45) is 3.24. The molecule has 7 nitrogen and oxygen atoms in total. The SMILES string of the molecule is CN1CCN(c2ncnc(Oc3cccc4cccnc34)c2N)CC1. The van der Waals surface area contributed by atoms with Crippen LogP contribution in [0.15, 0.2) is 42.9 Å². The Morgan fingerprint density at radius 1 is 1.00 bits per heavy atom. The lowest BCUT2D eigenvalue weighted by atomic mass is 10.2. The number of benzene rings is 1. The van der Waals surface area contributed by atoms with Crippen LogP contribution in [0.2, 0.25) is 0 Å². The van der Waals surface area contributed by atoms with Crippen molar-refractivity contribution in [3.05, 3.63) is 42.9 Å². The lowest BCUT2D eigenvalue weighted by molar-refractivity contribution is 0.312. The number of likely N-dealkylation sites (N-methyl/N-ethyl adjacent to an activating group) is 1. The van der Waals surface area contributed by atoms with Gasteiger partial charge in [0, 0.05) is 37.8 Å². The molecule has 1 aromatic carbocycles. The number of nitrogens with two attached hydrogens (primary N) is 1. The van der Waals surface area contributed by atoms with Crippen molar-refractivity contribution in [1.29, 1.82) is 0 Å². The topological polar surface area (TPSA) is 80.4 Å². The zero-order chi connectivity index (χ0) is 17.2. The molecule has 1 saturated heterocycles. The van der Waals surface area contributed by atoms with Crippen LogP contribution in [0.4, 0.5) is 11.5 Å². The number of nitrogen functional groups attached to an aromatic ring is 1. The van der Waals surface area contributed by atoms with Gasteiger partial charge in [-0.1, -0.05) is 18.2 Å². The maximum atomic E-state index is 6.32. The van der Waals surface area contributed by atoms with Crippen LogP contribution < -0.4 is 15.4 Å². The average molecular weight is 336 g/mol. The van der Waals surface area contributed by atoms with Gasteiger partial charge < -0.3 is 20.3 Å². The molecular formula is C18H20N6O. The summed E-state index contributed by atoms with van der Waals surface area (Å²) in [5.74, 6) is 1.72. The van der Waals surface area contributed by atoms with Gasteiger partial charge in [0.15, 0.2) is 11.6 Å². The molecule has 2 N–H and O–H groups in total. The van der Waals surface area contributed by atoms with E-state index in [1.807, 2.05) is 30.3 Å². The van der Waals surface area contributed by atoms with Crippen LogP contribution in [-0.2, 0) is 0 Å². The molecule has 4 rings (SSSR count). The number of nitrogens with zero attached hydrogens (tertiary/aromatic N) is 5. The van der Waals surface area contributed by atoms with Gasteiger partial charge in [0.05, 0.1) is 0 Å². The number of aromatic nitrogens is 3. The fourth-order valence-electron chi connectivity index (χ4n) is 2.99. The van der Waals surface area contributed by atoms with Crippen LogP contribution in [0, 0.1) is 0 Å². The molecule has 3 heterocycles. The Morgan fingerprint density at radius 2 is 1.80 bits per heavy atom. The minimum Gasteiger partial charge on any atom is -0.435 e. The van der Waals surface area contributed by atoms with Crippen LogP contribution >= 0.6 is 0 Å². The summed E-state index contributed by atoms with van der Waals surface area (Å²) in [5.41, 5.74) is 7.55. The highest BCUT2D eigenvalue weighted by Crippen LogP contribution is 2.34. The van der Waals surface area contributed by atoms with Crippen molar-refractivity contribution < 1.29 is 4.74 Å². The van der Waals surface area contributed by atoms with Crippen molar-refractivity contribution in [2.45, 2.75) is 0 Å².